The third-order valence-corrected chi connectivity index (χ3v) is 3.62. The summed E-state index contributed by atoms with van der Waals surface area (Å²) in [6.07, 6.45) is 8.13. The van der Waals surface area contributed by atoms with E-state index in [0.29, 0.717) is 22.8 Å². The molecule has 1 aliphatic rings. The Morgan fingerprint density at radius 3 is 2.85 bits per heavy atom. The quantitative estimate of drug-likeness (QED) is 0.629. The van der Waals surface area contributed by atoms with Gasteiger partial charge in [-0.3, -0.25) is 4.79 Å². The second kappa shape index (κ2) is 7.72. The largest absolute Gasteiger partial charge is 0.359 e. The Kier molecular flexibility index (Phi) is 5.64. The van der Waals surface area contributed by atoms with Crippen molar-refractivity contribution >= 4 is 23.4 Å². The van der Waals surface area contributed by atoms with Crippen LogP contribution in [0.15, 0.2) is 47.9 Å². The lowest BCUT2D eigenvalue weighted by atomic mass is 9.84. The van der Waals surface area contributed by atoms with Gasteiger partial charge < -0.3 is 5.32 Å². The van der Waals surface area contributed by atoms with Crippen LogP contribution in [0.5, 0.6) is 0 Å². The fraction of sp³-hybridized carbons (Fsp3) is 0.278. The number of hydrazone groups is 1. The first-order valence-corrected chi connectivity index (χ1v) is 7.92. The van der Waals surface area contributed by atoms with Crippen LogP contribution in [0.4, 0.5) is 5.82 Å². The lowest BCUT2D eigenvalue weighted by Crippen LogP contribution is -2.40. The van der Waals surface area contributed by atoms with Crippen LogP contribution in [-0.4, -0.2) is 33.1 Å². The molecular formula is C18H21N7O. The van der Waals surface area contributed by atoms with Crippen molar-refractivity contribution in [1.29, 1.82) is 5.26 Å². The molecule has 134 valence electrons. The Morgan fingerprint density at radius 1 is 1.46 bits per heavy atom. The topological polar surface area (TPSA) is 120 Å². The molecule has 0 radical (unpaired) electrons. The van der Waals surface area contributed by atoms with Gasteiger partial charge in [0.25, 0.3) is 5.78 Å². The minimum absolute atomic E-state index is 0.370. The number of hydrazine groups is 1. The normalized spacial score (nSPS) is 20.0. The summed E-state index contributed by atoms with van der Waals surface area (Å²) in [5.74, 6) is 5.99. The van der Waals surface area contributed by atoms with E-state index in [9.17, 15) is 4.79 Å². The molecule has 0 fully saturated rings. The van der Waals surface area contributed by atoms with Crippen LogP contribution < -0.4 is 11.2 Å². The number of anilines is 1. The molecule has 0 spiro atoms. The molecule has 0 aliphatic carbocycles. The van der Waals surface area contributed by atoms with Crippen molar-refractivity contribution < 1.29 is 4.79 Å². The van der Waals surface area contributed by atoms with Crippen LogP contribution in [0.1, 0.15) is 26.6 Å². The van der Waals surface area contributed by atoms with Gasteiger partial charge in [-0.15, -0.1) is 0 Å². The Morgan fingerprint density at radius 2 is 2.19 bits per heavy atom. The second-order valence-corrected chi connectivity index (χ2v) is 6.76. The zero-order valence-corrected chi connectivity index (χ0v) is 15.0. The van der Waals surface area contributed by atoms with Gasteiger partial charge in [0.05, 0.1) is 6.20 Å². The average molecular weight is 351 g/mol. The molecular weight excluding hydrogens is 330 g/mol. The van der Waals surface area contributed by atoms with E-state index in [4.69, 9.17) is 11.1 Å². The van der Waals surface area contributed by atoms with Gasteiger partial charge in [0.2, 0.25) is 0 Å². The van der Waals surface area contributed by atoms with Crippen molar-refractivity contribution in [1.82, 2.24) is 15.1 Å². The zero-order valence-electron chi connectivity index (χ0n) is 15.0. The van der Waals surface area contributed by atoms with Gasteiger partial charge in [0, 0.05) is 18.0 Å². The van der Waals surface area contributed by atoms with Crippen molar-refractivity contribution in [3.63, 3.8) is 0 Å². The summed E-state index contributed by atoms with van der Waals surface area (Å²) in [6.45, 7) is 9.60. The van der Waals surface area contributed by atoms with E-state index in [1.54, 1.807) is 42.9 Å². The standard InChI is InChI=1S/C18H21N7O/c1-12-6-5-8-22-25(20)11-13(12)17-21-9-7-15(24-17)23-16(14(26)10-19)18(2,3)4/h5-9,11,16H,1,20H2,2-4H3,(H,21,23,24)/b6-5-,13-11+,22-8-. The smallest absolute Gasteiger partial charge is 0.254 e. The van der Waals surface area contributed by atoms with Gasteiger partial charge >= 0.3 is 0 Å². The summed E-state index contributed by atoms with van der Waals surface area (Å²) in [6, 6.07) is 2.60. The second-order valence-electron chi connectivity index (χ2n) is 6.76. The summed E-state index contributed by atoms with van der Waals surface area (Å²) >= 11 is 0. The third kappa shape index (κ3) is 4.62. The molecule has 1 atom stereocenters. The number of rotatable bonds is 4. The molecule has 1 aromatic heterocycles. The number of hydrogen-bond donors (Lipinski definition) is 2. The molecule has 0 saturated carbocycles. The predicted octanol–water partition coefficient (Wildman–Crippen LogP) is 2.02. The summed E-state index contributed by atoms with van der Waals surface area (Å²) < 4.78 is 0. The average Bonchev–Trinajstić information content (AvgIpc) is 2.58. The number of nitriles is 1. The van der Waals surface area contributed by atoms with Gasteiger partial charge in [0.1, 0.15) is 17.9 Å². The Bertz CT molecular complexity index is 840. The molecule has 3 N–H and O–H groups in total. The maximum atomic E-state index is 12.0. The molecule has 8 heteroatoms. The molecule has 1 unspecified atom stereocenters. The SMILES string of the molecule is C=C1/C=C\C=N/N(N)/C=C\1c1nccc(NC(C(=O)C#N)C(C)(C)C)n1. The van der Waals surface area contributed by atoms with Gasteiger partial charge in [-0.2, -0.15) is 10.4 Å². The minimum Gasteiger partial charge on any atom is -0.359 e. The van der Waals surface area contributed by atoms with E-state index in [1.165, 1.54) is 0 Å². The van der Waals surface area contributed by atoms with Crippen LogP contribution in [0.25, 0.3) is 5.57 Å². The van der Waals surface area contributed by atoms with Crippen LogP contribution >= 0.6 is 0 Å². The van der Waals surface area contributed by atoms with E-state index in [-0.39, 0.29) is 0 Å². The lowest BCUT2D eigenvalue weighted by molar-refractivity contribution is -0.116. The Hall–Kier alpha value is -3.31. The predicted molar refractivity (Wildman–Crippen MR) is 100 cm³/mol. The first-order chi connectivity index (χ1) is 12.2. The highest BCUT2D eigenvalue weighted by molar-refractivity contribution is 5.99. The highest BCUT2D eigenvalue weighted by Crippen LogP contribution is 2.25. The van der Waals surface area contributed by atoms with Gasteiger partial charge in [-0.1, -0.05) is 33.4 Å². The molecule has 0 saturated heterocycles. The number of carbonyl (C=O) groups is 1. The number of ketones is 1. The summed E-state index contributed by atoms with van der Waals surface area (Å²) in [5, 5.41) is 17.1. The van der Waals surface area contributed by atoms with Crippen LogP contribution in [0.2, 0.25) is 0 Å². The van der Waals surface area contributed by atoms with Crippen LogP contribution in [0, 0.1) is 16.7 Å². The van der Waals surface area contributed by atoms with Gasteiger partial charge in [-0.25, -0.2) is 20.9 Å². The summed E-state index contributed by atoms with van der Waals surface area (Å²) in [5.41, 5.74) is 0.777. The van der Waals surface area contributed by atoms with E-state index < -0.39 is 17.2 Å². The highest BCUT2D eigenvalue weighted by Gasteiger charge is 2.31. The van der Waals surface area contributed by atoms with Gasteiger partial charge in [0.15, 0.2) is 5.82 Å². The molecule has 0 amide bonds. The molecule has 2 heterocycles. The van der Waals surface area contributed by atoms with E-state index in [2.05, 4.69) is 27.0 Å². The number of nitrogens with one attached hydrogen (secondary N) is 1. The van der Waals surface area contributed by atoms with Crippen molar-refractivity contribution in [2.45, 2.75) is 26.8 Å². The van der Waals surface area contributed by atoms with Crippen molar-refractivity contribution in [2.75, 3.05) is 5.32 Å². The number of hydrogen-bond acceptors (Lipinski definition) is 8. The van der Waals surface area contributed by atoms with Crippen molar-refractivity contribution in [3.05, 3.63) is 48.6 Å². The summed E-state index contributed by atoms with van der Waals surface area (Å²) in [4.78, 5) is 20.7. The number of carbonyl (C=O) groups excluding carboxylic acids is 1. The van der Waals surface area contributed by atoms with Gasteiger partial charge in [-0.05, 0) is 23.1 Å². The van der Waals surface area contributed by atoms with E-state index in [0.717, 1.165) is 5.12 Å². The number of nitrogens with zero attached hydrogens (tertiary/aromatic N) is 5. The monoisotopic (exact) mass is 351 g/mol. The molecule has 8 nitrogen and oxygen atoms in total. The number of aromatic nitrogens is 2. The Balaban J connectivity index is 2.38. The first kappa shape index (κ1) is 19.0. The summed E-state index contributed by atoms with van der Waals surface area (Å²) in [7, 11) is 0. The minimum atomic E-state index is -0.708. The number of allylic oxidation sites excluding steroid dienone is 4. The Labute approximate surface area is 152 Å². The van der Waals surface area contributed by atoms with Crippen molar-refractivity contribution in [2.24, 2.45) is 16.4 Å². The third-order valence-electron chi connectivity index (χ3n) is 3.62. The molecule has 2 rings (SSSR count). The maximum absolute atomic E-state index is 12.0. The van der Waals surface area contributed by atoms with Crippen molar-refractivity contribution in [3.8, 4) is 6.07 Å². The fourth-order valence-corrected chi connectivity index (χ4v) is 2.27. The first-order valence-electron chi connectivity index (χ1n) is 7.92. The fourth-order valence-electron chi connectivity index (χ4n) is 2.27. The zero-order chi connectivity index (χ0) is 19.3. The molecule has 26 heavy (non-hydrogen) atoms. The lowest BCUT2D eigenvalue weighted by Gasteiger charge is -2.28. The van der Waals surface area contributed by atoms with Crippen LogP contribution in [-0.2, 0) is 4.79 Å². The van der Waals surface area contributed by atoms with E-state index in [1.807, 2.05) is 20.8 Å². The molecule has 0 aromatic carbocycles. The van der Waals surface area contributed by atoms with Crippen LogP contribution in [0.3, 0.4) is 0 Å². The maximum Gasteiger partial charge on any atom is 0.254 e. The van der Waals surface area contributed by atoms with E-state index >= 15 is 0 Å². The number of nitrogens with two attached hydrogens (primary N) is 1. The molecule has 1 aromatic rings. The highest BCUT2D eigenvalue weighted by atomic mass is 16.1. The molecule has 1 aliphatic heterocycles. The number of Topliss-reactive ketones (excluding diaryl/α,β-unsaturated/α-hetero) is 1. The molecule has 0 bridgehead atoms.